The van der Waals surface area contributed by atoms with E-state index in [1.807, 2.05) is 0 Å². The van der Waals surface area contributed by atoms with Crippen LogP contribution in [0, 0.1) is 10.8 Å². The van der Waals surface area contributed by atoms with Crippen LogP contribution in [0.3, 0.4) is 0 Å². The van der Waals surface area contributed by atoms with E-state index in [9.17, 15) is 0 Å². The molecule has 0 aliphatic carbocycles. The number of hydrogen-bond acceptors (Lipinski definition) is 4. The molecule has 0 atom stereocenters. The SMILES string of the molecule is CC(C)(/N=N/C(C)(C)C(=N)N)C(=N)N.Cl. The number of hydrogen-bond donors (Lipinski definition) is 4. The fourth-order valence-corrected chi connectivity index (χ4v) is 0.358. The summed E-state index contributed by atoms with van der Waals surface area (Å²) in [6, 6.07) is 0. The highest BCUT2D eigenvalue weighted by Crippen LogP contribution is 2.15. The molecule has 0 radical (unpaired) electrons. The van der Waals surface area contributed by atoms with Crippen molar-refractivity contribution < 1.29 is 0 Å². The quantitative estimate of drug-likeness (QED) is 0.332. The molecular formula is C8H19ClN6. The number of nitrogens with one attached hydrogen (secondary N) is 2. The lowest BCUT2D eigenvalue weighted by Gasteiger charge is -2.20. The van der Waals surface area contributed by atoms with Crippen LogP contribution in [0.1, 0.15) is 27.7 Å². The molecule has 0 fully saturated rings. The van der Waals surface area contributed by atoms with Crippen LogP contribution in [0.5, 0.6) is 0 Å². The number of azo groups is 1. The lowest BCUT2D eigenvalue weighted by atomic mass is 10.1. The molecule has 0 aliphatic heterocycles. The van der Waals surface area contributed by atoms with Gasteiger partial charge < -0.3 is 11.5 Å². The standard InChI is InChI=1S/C8H18N6.ClH/c1-7(2,5(9)10)13-14-8(3,4)6(11)12;/h1-4H3,(H3,9,10)(H3,11,12);1H/b14-13+;. The predicted octanol–water partition coefficient (Wildman–Crippen LogP) is 1.29. The van der Waals surface area contributed by atoms with Gasteiger partial charge in [-0.05, 0) is 27.7 Å². The minimum absolute atomic E-state index is 0. The molecule has 0 aliphatic rings. The first-order valence-corrected chi connectivity index (χ1v) is 4.22. The second-order valence-electron chi connectivity index (χ2n) is 4.15. The van der Waals surface area contributed by atoms with Crippen LogP contribution < -0.4 is 11.5 Å². The highest BCUT2D eigenvalue weighted by Gasteiger charge is 2.25. The highest BCUT2D eigenvalue weighted by atomic mass is 35.5. The van der Waals surface area contributed by atoms with Crippen LogP contribution in [0.4, 0.5) is 0 Å². The van der Waals surface area contributed by atoms with Crippen molar-refractivity contribution in [1.29, 1.82) is 10.8 Å². The topological polar surface area (TPSA) is 124 Å². The number of amidine groups is 2. The fraction of sp³-hybridized carbons (Fsp3) is 0.750. The lowest BCUT2D eigenvalue weighted by Crippen LogP contribution is -2.38. The molecule has 0 rings (SSSR count). The molecule has 15 heavy (non-hydrogen) atoms. The average Bonchev–Trinajstić information content (AvgIpc) is 2.01. The van der Waals surface area contributed by atoms with Crippen molar-refractivity contribution in [2.24, 2.45) is 21.7 Å². The summed E-state index contributed by atoms with van der Waals surface area (Å²) < 4.78 is 0. The molecule has 0 spiro atoms. The summed E-state index contributed by atoms with van der Waals surface area (Å²) in [6.45, 7) is 6.70. The third-order valence-corrected chi connectivity index (χ3v) is 1.87. The first-order chi connectivity index (χ1) is 6.09. The summed E-state index contributed by atoms with van der Waals surface area (Å²) in [5.41, 5.74) is 8.96. The largest absolute Gasteiger partial charge is 0.386 e. The van der Waals surface area contributed by atoms with Gasteiger partial charge in [-0.25, -0.2) is 0 Å². The van der Waals surface area contributed by atoms with Crippen molar-refractivity contribution in [1.82, 2.24) is 0 Å². The second-order valence-corrected chi connectivity index (χ2v) is 4.15. The van der Waals surface area contributed by atoms with Crippen LogP contribution in [0.15, 0.2) is 10.2 Å². The van der Waals surface area contributed by atoms with E-state index in [1.165, 1.54) is 0 Å². The zero-order valence-corrected chi connectivity index (χ0v) is 10.3. The Morgan fingerprint density at radius 3 is 1.20 bits per heavy atom. The number of halogens is 1. The van der Waals surface area contributed by atoms with E-state index in [4.69, 9.17) is 22.3 Å². The van der Waals surface area contributed by atoms with Gasteiger partial charge in [0.2, 0.25) is 0 Å². The summed E-state index contributed by atoms with van der Waals surface area (Å²) in [4.78, 5) is 0. The maximum atomic E-state index is 7.25. The van der Waals surface area contributed by atoms with Crippen LogP contribution >= 0.6 is 12.4 Å². The molecule has 0 amide bonds. The van der Waals surface area contributed by atoms with E-state index in [0.29, 0.717) is 0 Å². The summed E-state index contributed by atoms with van der Waals surface area (Å²) in [7, 11) is 0. The van der Waals surface area contributed by atoms with Crippen molar-refractivity contribution in [3.05, 3.63) is 0 Å². The van der Waals surface area contributed by atoms with E-state index in [-0.39, 0.29) is 24.1 Å². The van der Waals surface area contributed by atoms with Gasteiger partial charge in [0.15, 0.2) is 0 Å². The Bertz CT molecular complexity index is 253. The van der Waals surface area contributed by atoms with E-state index in [0.717, 1.165) is 0 Å². The summed E-state index contributed by atoms with van der Waals surface area (Å²) in [5.74, 6) is -0.138. The normalized spacial score (nSPS) is 12.3. The molecule has 0 saturated heterocycles. The van der Waals surface area contributed by atoms with Crippen LogP contribution in [-0.2, 0) is 0 Å². The number of rotatable bonds is 4. The van der Waals surface area contributed by atoms with E-state index >= 15 is 0 Å². The third-order valence-electron chi connectivity index (χ3n) is 1.87. The Morgan fingerprint density at radius 1 is 0.867 bits per heavy atom. The molecule has 0 heterocycles. The van der Waals surface area contributed by atoms with Gasteiger partial charge in [0.25, 0.3) is 0 Å². The van der Waals surface area contributed by atoms with E-state index in [1.54, 1.807) is 27.7 Å². The third kappa shape index (κ3) is 4.73. The second kappa shape index (κ2) is 5.06. The summed E-state index contributed by atoms with van der Waals surface area (Å²) >= 11 is 0. The minimum Gasteiger partial charge on any atom is -0.386 e. The van der Waals surface area contributed by atoms with E-state index < -0.39 is 11.1 Å². The Hall–Kier alpha value is -1.17. The smallest absolute Gasteiger partial charge is 0.132 e. The minimum atomic E-state index is -0.841. The van der Waals surface area contributed by atoms with Gasteiger partial charge in [-0.2, -0.15) is 10.2 Å². The lowest BCUT2D eigenvalue weighted by molar-refractivity contribution is 0.557. The molecule has 88 valence electrons. The molecule has 0 bridgehead atoms. The molecule has 0 aromatic rings. The van der Waals surface area contributed by atoms with Gasteiger partial charge in [0.05, 0.1) is 0 Å². The predicted molar refractivity (Wildman–Crippen MR) is 64.1 cm³/mol. The van der Waals surface area contributed by atoms with Gasteiger partial charge in [-0.15, -0.1) is 12.4 Å². The van der Waals surface area contributed by atoms with E-state index in [2.05, 4.69) is 10.2 Å². The Morgan fingerprint density at radius 2 is 1.07 bits per heavy atom. The molecule has 0 aromatic heterocycles. The van der Waals surface area contributed by atoms with Crippen LogP contribution in [-0.4, -0.2) is 22.7 Å². The number of nitrogens with two attached hydrogens (primary N) is 2. The molecule has 0 saturated carbocycles. The van der Waals surface area contributed by atoms with Gasteiger partial charge in [0.1, 0.15) is 22.7 Å². The van der Waals surface area contributed by atoms with Crippen LogP contribution in [0.2, 0.25) is 0 Å². The van der Waals surface area contributed by atoms with Gasteiger partial charge in [-0.3, -0.25) is 10.8 Å². The molecule has 0 unspecified atom stereocenters. The first-order valence-electron chi connectivity index (χ1n) is 4.22. The number of nitrogens with zero attached hydrogens (tertiary/aromatic N) is 2. The Labute approximate surface area is 95.9 Å². The van der Waals surface area contributed by atoms with Gasteiger partial charge in [0, 0.05) is 0 Å². The maximum absolute atomic E-state index is 7.25. The van der Waals surface area contributed by atoms with Crippen LogP contribution in [0.25, 0.3) is 0 Å². The molecule has 6 N–H and O–H groups in total. The van der Waals surface area contributed by atoms with Crippen molar-refractivity contribution in [3.8, 4) is 0 Å². The van der Waals surface area contributed by atoms with Gasteiger partial charge >= 0.3 is 0 Å². The zero-order valence-electron chi connectivity index (χ0n) is 9.46. The van der Waals surface area contributed by atoms with Gasteiger partial charge in [-0.1, -0.05) is 0 Å². The molecule has 7 heteroatoms. The average molecular weight is 235 g/mol. The summed E-state index contributed by atoms with van der Waals surface area (Å²) in [6.07, 6.45) is 0. The first kappa shape index (κ1) is 16.3. The van der Waals surface area contributed by atoms with Crippen molar-refractivity contribution in [3.63, 3.8) is 0 Å². The summed E-state index contributed by atoms with van der Waals surface area (Å²) in [5, 5.41) is 22.3. The van der Waals surface area contributed by atoms with Crippen molar-refractivity contribution >= 4 is 24.1 Å². The van der Waals surface area contributed by atoms with Crippen molar-refractivity contribution in [2.75, 3.05) is 0 Å². The monoisotopic (exact) mass is 234 g/mol. The molecule has 0 aromatic carbocycles. The molecular weight excluding hydrogens is 216 g/mol. The highest BCUT2D eigenvalue weighted by molar-refractivity contribution is 5.87. The fourth-order valence-electron chi connectivity index (χ4n) is 0.358. The Kier molecular flexibility index (Phi) is 5.49. The maximum Gasteiger partial charge on any atom is 0.132 e. The Balaban J connectivity index is 0. The van der Waals surface area contributed by atoms with Crippen molar-refractivity contribution in [2.45, 2.75) is 38.8 Å². The zero-order chi connectivity index (χ0) is 11.6. The molecule has 6 nitrogen and oxygen atoms in total.